The molecule has 1 heterocycles. The van der Waals surface area contributed by atoms with Gasteiger partial charge in [0.25, 0.3) is 0 Å². The standard InChI is InChI=1S/C17H23NO3/c1-3-13-9-10-18(12-13)15(19)11-17(2,16(20)21)14-7-5-4-6-8-14/h4-8,13H,3,9-12H2,1-2H3,(H,20,21). The van der Waals surface area contributed by atoms with Gasteiger partial charge in [0, 0.05) is 19.5 Å². The van der Waals surface area contributed by atoms with E-state index in [1.165, 1.54) is 0 Å². The van der Waals surface area contributed by atoms with Crippen molar-refractivity contribution in [3.8, 4) is 0 Å². The van der Waals surface area contributed by atoms with Crippen LogP contribution in [0, 0.1) is 5.92 Å². The maximum Gasteiger partial charge on any atom is 0.314 e. The lowest BCUT2D eigenvalue weighted by atomic mass is 9.79. The number of hydrogen-bond acceptors (Lipinski definition) is 2. The molecule has 1 aliphatic heterocycles. The Morgan fingerprint density at radius 2 is 2.00 bits per heavy atom. The molecule has 0 saturated carbocycles. The van der Waals surface area contributed by atoms with Gasteiger partial charge in [-0.05, 0) is 24.8 Å². The lowest BCUT2D eigenvalue weighted by Gasteiger charge is -2.27. The molecule has 1 saturated heterocycles. The number of carbonyl (C=O) groups excluding carboxylic acids is 1. The molecule has 1 amide bonds. The molecule has 4 heteroatoms. The quantitative estimate of drug-likeness (QED) is 0.906. The second-order valence-corrected chi connectivity index (χ2v) is 6.08. The summed E-state index contributed by atoms with van der Waals surface area (Å²) in [5, 5.41) is 9.61. The van der Waals surface area contributed by atoms with Crippen molar-refractivity contribution in [2.24, 2.45) is 5.92 Å². The Kier molecular flexibility index (Phi) is 4.66. The number of carbonyl (C=O) groups is 2. The molecule has 1 aromatic carbocycles. The highest BCUT2D eigenvalue weighted by molar-refractivity contribution is 5.89. The summed E-state index contributed by atoms with van der Waals surface area (Å²) in [6, 6.07) is 9.02. The predicted molar refractivity (Wildman–Crippen MR) is 81.0 cm³/mol. The van der Waals surface area contributed by atoms with Crippen molar-refractivity contribution in [2.45, 2.75) is 38.5 Å². The average Bonchev–Trinajstić information content (AvgIpc) is 2.97. The number of nitrogens with zero attached hydrogens (tertiary/aromatic N) is 1. The minimum absolute atomic E-state index is 0.0166. The molecule has 114 valence electrons. The van der Waals surface area contributed by atoms with Gasteiger partial charge in [0.1, 0.15) is 0 Å². The number of carboxylic acids is 1. The average molecular weight is 289 g/mol. The van der Waals surface area contributed by atoms with Crippen molar-refractivity contribution in [3.05, 3.63) is 35.9 Å². The third kappa shape index (κ3) is 3.26. The predicted octanol–water partition coefficient (Wildman–Crippen LogP) is 2.68. The fourth-order valence-electron chi connectivity index (χ4n) is 2.91. The molecule has 1 aromatic rings. The summed E-state index contributed by atoms with van der Waals surface area (Å²) >= 11 is 0. The van der Waals surface area contributed by atoms with Crippen LogP contribution in [0.4, 0.5) is 0 Å². The fraction of sp³-hybridized carbons (Fsp3) is 0.529. The Labute approximate surface area is 125 Å². The summed E-state index contributed by atoms with van der Waals surface area (Å²) < 4.78 is 0. The van der Waals surface area contributed by atoms with Gasteiger partial charge in [0.2, 0.25) is 5.91 Å². The first-order valence-corrected chi connectivity index (χ1v) is 7.54. The van der Waals surface area contributed by atoms with E-state index in [0.29, 0.717) is 11.5 Å². The van der Waals surface area contributed by atoms with Crippen LogP contribution in [0.1, 0.15) is 38.7 Å². The highest BCUT2D eigenvalue weighted by atomic mass is 16.4. The normalized spacial score (nSPS) is 21.0. The van der Waals surface area contributed by atoms with Gasteiger partial charge in [-0.3, -0.25) is 9.59 Å². The minimum Gasteiger partial charge on any atom is -0.481 e. The van der Waals surface area contributed by atoms with Crippen LogP contribution in [-0.4, -0.2) is 35.0 Å². The number of carboxylic acid groups (broad SMARTS) is 1. The largest absolute Gasteiger partial charge is 0.481 e. The van der Waals surface area contributed by atoms with E-state index >= 15 is 0 Å². The highest BCUT2D eigenvalue weighted by Crippen LogP contribution is 2.30. The van der Waals surface area contributed by atoms with Gasteiger partial charge < -0.3 is 10.0 Å². The van der Waals surface area contributed by atoms with Gasteiger partial charge in [-0.1, -0.05) is 43.7 Å². The van der Waals surface area contributed by atoms with E-state index in [-0.39, 0.29) is 12.3 Å². The van der Waals surface area contributed by atoms with Gasteiger partial charge in [0.05, 0.1) is 5.41 Å². The van der Waals surface area contributed by atoms with Crippen LogP contribution in [0.25, 0.3) is 0 Å². The monoisotopic (exact) mass is 289 g/mol. The van der Waals surface area contributed by atoms with Gasteiger partial charge in [-0.2, -0.15) is 0 Å². The van der Waals surface area contributed by atoms with Gasteiger partial charge in [-0.25, -0.2) is 0 Å². The van der Waals surface area contributed by atoms with Crippen LogP contribution in [0.3, 0.4) is 0 Å². The van der Waals surface area contributed by atoms with Crippen LogP contribution in [0.2, 0.25) is 0 Å². The van der Waals surface area contributed by atoms with E-state index in [2.05, 4.69) is 6.92 Å². The third-order valence-corrected chi connectivity index (χ3v) is 4.60. The summed E-state index contributed by atoms with van der Waals surface area (Å²) in [4.78, 5) is 26.0. The Morgan fingerprint density at radius 1 is 1.33 bits per heavy atom. The summed E-state index contributed by atoms with van der Waals surface area (Å²) in [7, 11) is 0. The molecule has 1 aliphatic rings. The van der Waals surface area contributed by atoms with Crippen LogP contribution in [0.5, 0.6) is 0 Å². The van der Waals surface area contributed by atoms with E-state index in [1.54, 1.807) is 19.1 Å². The first-order valence-electron chi connectivity index (χ1n) is 7.54. The van der Waals surface area contributed by atoms with Gasteiger partial charge in [-0.15, -0.1) is 0 Å². The number of hydrogen-bond donors (Lipinski definition) is 1. The van der Waals surface area contributed by atoms with Gasteiger partial charge in [0.15, 0.2) is 0 Å². The Hall–Kier alpha value is -1.84. The molecule has 21 heavy (non-hydrogen) atoms. The minimum atomic E-state index is -1.16. The van der Waals surface area contributed by atoms with Crippen LogP contribution in [-0.2, 0) is 15.0 Å². The van der Waals surface area contributed by atoms with E-state index < -0.39 is 11.4 Å². The van der Waals surface area contributed by atoms with Crippen molar-refractivity contribution in [1.29, 1.82) is 0 Å². The molecule has 0 aliphatic carbocycles. The number of aliphatic carboxylic acids is 1. The third-order valence-electron chi connectivity index (χ3n) is 4.60. The maximum absolute atomic E-state index is 12.5. The molecular formula is C17H23NO3. The van der Waals surface area contributed by atoms with Crippen LogP contribution < -0.4 is 0 Å². The molecule has 4 nitrogen and oxygen atoms in total. The zero-order chi connectivity index (χ0) is 15.5. The SMILES string of the molecule is CCC1CCN(C(=O)CC(C)(C(=O)O)c2ccccc2)C1. The number of rotatable bonds is 5. The van der Waals surface area contributed by atoms with E-state index in [9.17, 15) is 14.7 Å². The van der Waals surface area contributed by atoms with E-state index in [4.69, 9.17) is 0 Å². The second-order valence-electron chi connectivity index (χ2n) is 6.08. The van der Waals surface area contributed by atoms with E-state index in [1.807, 2.05) is 23.1 Å². The lowest BCUT2D eigenvalue weighted by Crippen LogP contribution is -2.40. The molecule has 1 fully saturated rings. The van der Waals surface area contributed by atoms with Crippen molar-refractivity contribution in [2.75, 3.05) is 13.1 Å². The van der Waals surface area contributed by atoms with Crippen molar-refractivity contribution < 1.29 is 14.7 Å². The molecular weight excluding hydrogens is 266 g/mol. The van der Waals surface area contributed by atoms with Gasteiger partial charge >= 0.3 is 5.97 Å². The summed E-state index contributed by atoms with van der Waals surface area (Å²) in [5.41, 5.74) is -0.486. The molecule has 0 radical (unpaired) electrons. The van der Waals surface area contributed by atoms with Crippen molar-refractivity contribution in [1.82, 2.24) is 4.90 Å². The molecule has 2 atom stereocenters. The molecule has 0 bridgehead atoms. The maximum atomic E-state index is 12.5. The zero-order valence-corrected chi connectivity index (χ0v) is 12.7. The van der Waals surface area contributed by atoms with E-state index in [0.717, 1.165) is 25.9 Å². The number of amides is 1. The van der Waals surface area contributed by atoms with Crippen LogP contribution >= 0.6 is 0 Å². The van der Waals surface area contributed by atoms with Crippen molar-refractivity contribution >= 4 is 11.9 Å². The number of benzene rings is 1. The topological polar surface area (TPSA) is 57.6 Å². The molecule has 2 rings (SSSR count). The first kappa shape index (κ1) is 15.5. The summed E-state index contributed by atoms with van der Waals surface area (Å²) in [5.74, 6) is -0.449. The lowest BCUT2D eigenvalue weighted by molar-refractivity contribution is -0.147. The molecule has 1 N–H and O–H groups in total. The summed E-state index contributed by atoms with van der Waals surface area (Å²) in [6.45, 7) is 5.28. The Morgan fingerprint density at radius 3 is 2.52 bits per heavy atom. The highest BCUT2D eigenvalue weighted by Gasteiger charge is 2.39. The summed E-state index contributed by atoms with van der Waals surface area (Å²) in [6.07, 6.45) is 2.11. The smallest absolute Gasteiger partial charge is 0.314 e. The fourth-order valence-corrected chi connectivity index (χ4v) is 2.91. The van der Waals surface area contributed by atoms with Crippen LogP contribution in [0.15, 0.2) is 30.3 Å². The Balaban J connectivity index is 2.14. The molecule has 2 unspecified atom stereocenters. The van der Waals surface area contributed by atoms with Crippen molar-refractivity contribution in [3.63, 3.8) is 0 Å². The number of likely N-dealkylation sites (tertiary alicyclic amines) is 1. The Bertz CT molecular complexity index is 514. The molecule has 0 aromatic heterocycles. The zero-order valence-electron chi connectivity index (χ0n) is 12.7. The first-order chi connectivity index (χ1) is 9.97. The molecule has 0 spiro atoms. The second kappa shape index (κ2) is 6.29.